The summed E-state index contributed by atoms with van der Waals surface area (Å²) in [6.45, 7) is 0. The van der Waals surface area contributed by atoms with Crippen LogP contribution in [0.1, 0.15) is 27.8 Å². The van der Waals surface area contributed by atoms with Crippen LogP contribution in [-0.2, 0) is 22.9 Å². The maximum Gasteiger partial charge on any atom is 0.231 e. The number of rotatable bonds is 3. The molecule has 0 saturated heterocycles. The van der Waals surface area contributed by atoms with Gasteiger partial charge in [-0.05, 0) is 76.6 Å². The van der Waals surface area contributed by atoms with E-state index >= 15 is 0 Å². The van der Waals surface area contributed by atoms with Gasteiger partial charge in [0.2, 0.25) is 10.0 Å². The Morgan fingerprint density at radius 1 is 0.897 bits per heavy atom. The Kier molecular flexibility index (Phi) is 5.24. The number of benzene rings is 3. The summed E-state index contributed by atoms with van der Waals surface area (Å²) in [6.07, 6.45) is 5.23. The number of halogens is 1. The van der Waals surface area contributed by atoms with E-state index < -0.39 is 10.0 Å². The van der Waals surface area contributed by atoms with Gasteiger partial charge in [-0.25, -0.2) is 8.42 Å². The van der Waals surface area contributed by atoms with Gasteiger partial charge in [0, 0.05) is 12.1 Å². The second-order valence-corrected chi connectivity index (χ2v) is 9.79. The highest BCUT2D eigenvalue weighted by atomic mass is 35.5. The molecular formula is C24H22ClNO2S. The van der Waals surface area contributed by atoms with Crippen molar-refractivity contribution in [1.82, 2.24) is 0 Å². The van der Waals surface area contributed by atoms with Gasteiger partial charge in [0.25, 0.3) is 0 Å². The first kappa shape index (κ1) is 19.7. The van der Waals surface area contributed by atoms with Gasteiger partial charge in [-0.15, -0.1) is 0 Å². The minimum Gasteiger partial charge on any atom is -0.274 e. The first-order valence-corrected chi connectivity index (χ1v) is 11.7. The molecular weight excluding hydrogens is 402 g/mol. The van der Waals surface area contributed by atoms with Crippen molar-refractivity contribution in [3.8, 4) is 0 Å². The van der Waals surface area contributed by atoms with Crippen LogP contribution in [0.25, 0.3) is 11.6 Å². The summed E-state index contributed by atoms with van der Waals surface area (Å²) in [5.74, 6) is 0. The highest BCUT2D eigenvalue weighted by molar-refractivity contribution is 7.92. The summed E-state index contributed by atoms with van der Waals surface area (Å²) < 4.78 is 25.2. The molecule has 3 nitrogen and oxygen atoms in total. The second-order valence-electron chi connectivity index (χ2n) is 7.34. The Balaban J connectivity index is 1.89. The topological polar surface area (TPSA) is 37.4 Å². The van der Waals surface area contributed by atoms with Crippen molar-refractivity contribution in [3.05, 3.63) is 99.6 Å². The number of sulfonamides is 1. The van der Waals surface area contributed by atoms with E-state index in [-0.39, 0.29) is 0 Å². The zero-order valence-electron chi connectivity index (χ0n) is 16.4. The lowest BCUT2D eigenvalue weighted by molar-refractivity contribution is 0.600. The molecule has 0 atom stereocenters. The third-order valence-electron chi connectivity index (χ3n) is 5.37. The van der Waals surface area contributed by atoms with Gasteiger partial charge in [-0.3, -0.25) is 4.31 Å². The number of fused-ring (bicyclic) bond motifs is 2. The molecule has 4 rings (SSSR count). The number of hydrogen-bond acceptors (Lipinski definition) is 2. The van der Waals surface area contributed by atoms with Crippen LogP contribution in [0.2, 0.25) is 5.02 Å². The number of hydrogen-bond donors (Lipinski definition) is 0. The molecule has 5 heteroatoms. The van der Waals surface area contributed by atoms with E-state index in [4.69, 9.17) is 11.6 Å². The molecule has 0 saturated carbocycles. The molecule has 0 spiro atoms. The third kappa shape index (κ3) is 4.09. The Bertz CT molecular complexity index is 1220. The lowest BCUT2D eigenvalue weighted by atomic mass is 9.92. The molecule has 1 aliphatic carbocycles. The van der Waals surface area contributed by atoms with E-state index in [1.54, 1.807) is 13.1 Å². The molecule has 148 valence electrons. The Hall–Kier alpha value is -2.56. The second kappa shape index (κ2) is 7.69. The van der Waals surface area contributed by atoms with Crippen LogP contribution in [0.3, 0.4) is 0 Å². The molecule has 0 fully saturated rings. The van der Waals surface area contributed by atoms with E-state index in [2.05, 4.69) is 36.4 Å². The van der Waals surface area contributed by atoms with Crippen molar-refractivity contribution >= 4 is 39.0 Å². The first-order valence-electron chi connectivity index (χ1n) is 9.46. The number of anilines is 1. The fourth-order valence-electron chi connectivity index (χ4n) is 3.77. The summed E-state index contributed by atoms with van der Waals surface area (Å²) >= 11 is 6.27. The first-order chi connectivity index (χ1) is 13.8. The van der Waals surface area contributed by atoms with Crippen LogP contribution < -0.4 is 4.31 Å². The van der Waals surface area contributed by atoms with Crippen LogP contribution >= 0.6 is 11.6 Å². The molecule has 0 bridgehead atoms. The SMILES string of the molecule is CN(c1cccc(/C=C2/c3ccccc3CCc3cc(Cl)ccc32)c1)S(C)(=O)=O. The molecule has 3 aromatic rings. The molecule has 3 aromatic carbocycles. The monoisotopic (exact) mass is 423 g/mol. The van der Waals surface area contributed by atoms with Gasteiger partial charge < -0.3 is 0 Å². The highest BCUT2D eigenvalue weighted by Gasteiger charge is 2.18. The minimum atomic E-state index is -3.32. The van der Waals surface area contributed by atoms with Crippen molar-refractivity contribution in [3.63, 3.8) is 0 Å². The summed E-state index contributed by atoms with van der Waals surface area (Å²) in [4.78, 5) is 0. The molecule has 0 amide bonds. The van der Waals surface area contributed by atoms with Crippen LogP contribution in [0.4, 0.5) is 5.69 Å². The van der Waals surface area contributed by atoms with Crippen molar-refractivity contribution in [2.75, 3.05) is 17.6 Å². The van der Waals surface area contributed by atoms with Gasteiger partial charge in [-0.2, -0.15) is 0 Å². The lowest BCUT2D eigenvalue weighted by Gasteiger charge is -2.17. The Morgan fingerprint density at radius 2 is 1.62 bits per heavy atom. The normalized spacial score (nSPS) is 14.8. The smallest absolute Gasteiger partial charge is 0.231 e. The van der Waals surface area contributed by atoms with E-state index in [0.29, 0.717) is 5.69 Å². The molecule has 0 unspecified atom stereocenters. The number of nitrogens with zero attached hydrogens (tertiary/aromatic N) is 1. The lowest BCUT2D eigenvalue weighted by Crippen LogP contribution is -2.24. The molecule has 0 aromatic heterocycles. The van der Waals surface area contributed by atoms with Crippen molar-refractivity contribution < 1.29 is 8.42 Å². The van der Waals surface area contributed by atoms with Gasteiger partial charge in [-0.1, -0.05) is 54.1 Å². The van der Waals surface area contributed by atoms with Crippen LogP contribution in [0, 0.1) is 0 Å². The zero-order chi connectivity index (χ0) is 20.6. The standard InChI is InChI=1S/C24H22ClNO2S/c1-26(29(2,27)28)21-8-5-6-17(14-21)15-24-22-9-4-3-7-18(22)10-11-19-16-20(25)12-13-23(19)24/h3-9,12-16H,10-11H2,1-2H3/b24-15-. The average molecular weight is 424 g/mol. The van der Waals surface area contributed by atoms with Gasteiger partial charge in [0.05, 0.1) is 11.9 Å². The van der Waals surface area contributed by atoms with Gasteiger partial charge in [0.1, 0.15) is 0 Å². The quantitative estimate of drug-likeness (QED) is 0.563. The van der Waals surface area contributed by atoms with E-state index in [0.717, 1.165) is 29.0 Å². The third-order valence-corrected chi connectivity index (χ3v) is 6.81. The fourth-order valence-corrected chi connectivity index (χ4v) is 4.46. The van der Waals surface area contributed by atoms with E-state index in [9.17, 15) is 8.42 Å². The number of aryl methyl sites for hydroxylation is 2. The molecule has 0 N–H and O–H groups in total. The Labute approximate surface area is 177 Å². The summed E-state index contributed by atoms with van der Waals surface area (Å²) in [5.41, 5.74) is 7.62. The largest absolute Gasteiger partial charge is 0.274 e. The van der Waals surface area contributed by atoms with Crippen LogP contribution in [0.5, 0.6) is 0 Å². The molecule has 0 aliphatic heterocycles. The molecule has 0 heterocycles. The van der Waals surface area contributed by atoms with Gasteiger partial charge in [0.15, 0.2) is 0 Å². The minimum absolute atomic E-state index is 0.639. The molecule has 0 radical (unpaired) electrons. The maximum atomic E-state index is 11.9. The average Bonchev–Trinajstić information content (AvgIpc) is 2.84. The van der Waals surface area contributed by atoms with E-state index in [1.165, 1.54) is 32.8 Å². The van der Waals surface area contributed by atoms with E-state index in [1.807, 2.05) is 30.3 Å². The van der Waals surface area contributed by atoms with Crippen molar-refractivity contribution in [2.45, 2.75) is 12.8 Å². The summed E-state index contributed by atoms with van der Waals surface area (Å²) in [7, 11) is -1.75. The summed E-state index contributed by atoms with van der Waals surface area (Å²) in [5, 5.41) is 0.742. The molecule has 29 heavy (non-hydrogen) atoms. The van der Waals surface area contributed by atoms with Gasteiger partial charge >= 0.3 is 0 Å². The van der Waals surface area contributed by atoms with Crippen LogP contribution in [-0.4, -0.2) is 21.7 Å². The Morgan fingerprint density at radius 3 is 2.41 bits per heavy atom. The van der Waals surface area contributed by atoms with Crippen molar-refractivity contribution in [2.24, 2.45) is 0 Å². The predicted molar refractivity (Wildman–Crippen MR) is 122 cm³/mol. The highest BCUT2D eigenvalue weighted by Crippen LogP contribution is 2.36. The summed E-state index contributed by atoms with van der Waals surface area (Å²) in [6, 6.07) is 22.1. The molecule has 1 aliphatic rings. The fraction of sp³-hybridized carbons (Fsp3) is 0.167. The van der Waals surface area contributed by atoms with Crippen molar-refractivity contribution in [1.29, 1.82) is 0 Å². The predicted octanol–water partition coefficient (Wildman–Crippen LogP) is 5.42. The zero-order valence-corrected chi connectivity index (χ0v) is 18.0. The van der Waals surface area contributed by atoms with Crippen LogP contribution in [0.15, 0.2) is 66.7 Å². The maximum absolute atomic E-state index is 11.9.